The van der Waals surface area contributed by atoms with Gasteiger partial charge in [0.15, 0.2) is 0 Å². The van der Waals surface area contributed by atoms with Crippen LogP contribution in [0.5, 0.6) is 0 Å². The predicted octanol–water partition coefficient (Wildman–Crippen LogP) is 9.50. The second-order valence-corrected chi connectivity index (χ2v) is 12.2. The number of allylic oxidation sites excluding steroid dienone is 8. The highest BCUT2D eigenvalue weighted by Gasteiger charge is 2.12. The van der Waals surface area contributed by atoms with Crippen LogP contribution in [-0.4, -0.2) is 47.6 Å². The Labute approximate surface area is 270 Å². The summed E-state index contributed by atoms with van der Waals surface area (Å²) < 4.78 is 10.2. The summed E-state index contributed by atoms with van der Waals surface area (Å²) in [6.45, 7) is 6.12. The van der Waals surface area contributed by atoms with E-state index in [1.165, 1.54) is 44.9 Å². The van der Waals surface area contributed by atoms with Crippen LogP contribution in [0.2, 0.25) is 0 Å². The Hall–Kier alpha value is -2.18. The highest BCUT2D eigenvalue weighted by molar-refractivity contribution is 5.69. The Morgan fingerprint density at radius 1 is 0.568 bits per heavy atom. The van der Waals surface area contributed by atoms with Crippen molar-refractivity contribution in [2.75, 3.05) is 13.2 Å². The van der Waals surface area contributed by atoms with E-state index < -0.39 is 6.10 Å². The third-order valence-corrected chi connectivity index (χ3v) is 7.63. The fourth-order valence-corrected chi connectivity index (χ4v) is 4.54. The zero-order chi connectivity index (χ0) is 32.5. The van der Waals surface area contributed by atoms with Crippen LogP contribution in [0.3, 0.4) is 0 Å². The van der Waals surface area contributed by atoms with E-state index in [1.54, 1.807) is 0 Å². The minimum Gasteiger partial charge on any atom is -0.463 e. The summed E-state index contributed by atoms with van der Waals surface area (Å²) in [6.07, 6.45) is 35.8. The Morgan fingerprint density at radius 3 is 1.50 bits per heavy atom. The Balaban J connectivity index is 3.59. The van der Waals surface area contributed by atoms with E-state index in [0.717, 1.165) is 70.1 Å². The lowest BCUT2D eigenvalue weighted by molar-refractivity contribution is -0.152. The number of aliphatic hydroxyl groups excluding tert-OH is 2. The number of aliphatic hydroxyl groups is 2. The van der Waals surface area contributed by atoms with Gasteiger partial charge in [0, 0.05) is 12.8 Å². The quantitative estimate of drug-likeness (QED) is 0.0473. The summed E-state index contributed by atoms with van der Waals surface area (Å²) in [5, 5.41) is 19.2. The van der Waals surface area contributed by atoms with E-state index in [4.69, 9.17) is 9.47 Å². The molecule has 0 fully saturated rings. The summed E-state index contributed by atoms with van der Waals surface area (Å²) in [5.74, 6) is 0.202. The van der Waals surface area contributed by atoms with Gasteiger partial charge in [0.25, 0.3) is 0 Å². The molecule has 254 valence electrons. The number of unbranched alkanes of at least 4 members (excludes halogenated alkanes) is 9. The topological polar surface area (TPSA) is 93.1 Å². The summed E-state index contributed by atoms with van der Waals surface area (Å²) in [5.41, 5.74) is 0. The molecule has 6 heteroatoms. The molecule has 0 aliphatic rings. The average Bonchev–Trinajstić information content (AvgIpc) is 3.00. The second-order valence-electron chi connectivity index (χ2n) is 12.2. The zero-order valence-corrected chi connectivity index (χ0v) is 28.4. The third kappa shape index (κ3) is 32.7. The maximum Gasteiger partial charge on any atom is 0.305 e. The fraction of sp³-hybridized carbons (Fsp3) is 0.737. The Bertz CT molecular complexity index is 782. The molecule has 1 unspecified atom stereocenters. The van der Waals surface area contributed by atoms with Crippen LogP contribution in [0.25, 0.3) is 0 Å². The number of carbonyl (C=O) groups is 2. The van der Waals surface area contributed by atoms with Crippen molar-refractivity contribution < 1.29 is 29.3 Å². The van der Waals surface area contributed by atoms with Gasteiger partial charge in [-0.15, -0.1) is 0 Å². The first kappa shape index (κ1) is 41.8. The minimum absolute atomic E-state index is 0.141. The van der Waals surface area contributed by atoms with Crippen LogP contribution in [-0.2, 0) is 19.1 Å². The maximum absolute atomic E-state index is 11.9. The van der Waals surface area contributed by atoms with E-state index in [2.05, 4.69) is 62.5 Å². The van der Waals surface area contributed by atoms with E-state index >= 15 is 0 Å². The maximum atomic E-state index is 11.9. The second kappa shape index (κ2) is 32.2. The van der Waals surface area contributed by atoms with Crippen molar-refractivity contribution in [2.45, 2.75) is 161 Å². The SMILES string of the molecule is CCC(C)CCCCCCCCCCC(=O)OC[C@@H](O)COC(=O)CCC/C=C\C/C=C\C/C=C\C/C=C\CCC[C@@H](C)O. The number of hydrogen-bond donors (Lipinski definition) is 2. The van der Waals surface area contributed by atoms with E-state index in [0.29, 0.717) is 19.3 Å². The molecule has 0 spiro atoms. The van der Waals surface area contributed by atoms with Crippen molar-refractivity contribution in [3.8, 4) is 0 Å². The van der Waals surface area contributed by atoms with E-state index in [-0.39, 0.29) is 31.3 Å². The molecule has 0 aromatic rings. The van der Waals surface area contributed by atoms with Crippen LogP contribution < -0.4 is 0 Å². The Morgan fingerprint density at radius 2 is 1.00 bits per heavy atom. The normalized spacial score (nSPS) is 14.2. The van der Waals surface area contributed by atoms with Crippen LogP contribution in [0.15, 0.2) is 48.6 Å². The molecule has 3 atom stereocenters. The molecule has 2 N–H and O–H groups in total. The van der Waals surface area contributed by atoms with Crippen LogP contribution in [0, 0.1) is 5.92 Å². The molecular weight excluding hydrogens is 552 g/mol. The van der Waals surface area contributed by atoms with Crippen molar-refractivity contribution in [1.29, 1.82) is 0 Å². The van der Waals surface area contributed by atoms with Gasteiger partial charge in [-0.3, -0.25) is 9.59 Å². The van der Waals surface area contributed by atoms with Crippen LogP contribution in [0.4, 0.5) is 0 Å². The highest BCUT2D eigenvalue weighted by atomic mass is 16.6. The molecule has 0 bridgehead atoms. The molecular formula is C38H66O6. The smallest absolute Gasteiger partial charge is 0.305 e. The molecule has 0 saturated heterocycles. The lowest BCUT2D eigenvalue weighted by Gasteiger charge is -2.12. The summed E-state index contributed by atoms with van der Waals surface area (Å²) in [7, 11) is 0. The molecule has 0 aliphatic heterocycles. The number of rotatable bonds is 30. The van der Waals surface area contributed by atoms with Gasteiger partial charge < -0.3 is 19.7 Å². The standard InChI is InChI=1S/C38H66O6/c1-4-34(2)28-24-20-16-14-15-19-23-27-31-38(42)44-33-36(40)32-43-37(41)30-26-22-18-13-11-9-7-5-6-8-10-12-17-21-25-29-35(3)39/h6-9,12-13,17-18,34-36,39-40H,4-5,10-11,14-16,19-33H2,1-3H3/b8-6-,9-7-,17-12-,18-13-/t34?,35-,36+/m1/s1. The molecule has 0 heterocycles. The van der Waals surface area contributed by atoms with Gasteiger partial charge in [0.2, 0.25) is 0 Å². The minimum atomic E-state index is -0.993. The van der Waals surface area contributed by atoms with Gasteiger partial charge in [-0.2, -0.15) is 0 Å². The molecule has 0 aromatic heterocycles. The van der Waals surface area contributed by atoms with Gasteiger partial charge in [-0.05, 0) is 70.6 Å². The molecule has 0 saturated carbocycles. The monoisotopic (exact) mass is 618 g/mol. The van der Waals surface area contributed by atoms with E-state index in [1.807, 2.05) is 6.92 Å². The predicted molar refractivity (Wildman–Crippen MR) is 183 cm³/mol. The molecule has 0 radical (unpaired) electrons. The fourth-order valence-electron chi connectivity index (χ4n) is 4.54. The summed E-state index contributed by atoms with van der Waals surface area (Å²) in [6, 6.07) is 0. The van der Waals surface area contributed by atoms with Gasteiger partial charge in [-0.1, -0.05) is 120 Å². The molecule has 44 heavy (non-hydrogen) atoms. The van der Waals surface area contributed by atoms with Crippen molar-refractivity contribution in [3.05, 3.63) is 48.6 Å². The number of esters is 2. The molecule has 0 aliphatic carbocycles. The Kier molecular flexibility index (Phi) is 30.6. The van der Waals surface area contributed by atoms with Gasteiger partial charge in [-0.25, -0.2) is 0 Å². The van der Waals surface area contributed by atoms with Crippen LogP contribution >= 0.6 is 0 Å². The molecule has 6 nitrogen and oxygen atoms in total. The van der Waals surface area contributed by atoms with Crippen LogP contribution in [0.1, 0.15) is 149 Å². The zero-order valence-electron chi connectivity index (χ0n) is 28.4. The average molecular weight is 619 g/mol. The van der Waals surface area contributed by atoms with Gasteiger partial charge >= 0.3 is 11.9 Å². The molecule has 0 amide bonds. The highest BCUT2D eigenvalue weighted by Crippen LogP contribution is 2.15. The lowest BCUT2D eigenvalue weighted by Crippen LogP contribution is -2.25. The van der Waals surface area contributed by atoms with Crippen molar-refractivity contribution in [2.24, 2.45) is 5.92 Å². The van der Waals surface area contributed by atoms with Crippen molar-refractivity contribution in [3.63, 3.8) is 0 Å². The van der Waals surface area contributed by atoms with E-state index in [9.17, 15) is 19.8 Å². The third-order valence-electron chi connectivity index (χ3n) is 7.63. The van der Waals surface area contributed by atoms with Crippen molar-refractivity contribution in [1.82, 2.24) is 0 Å². The first-order chi connectivity index (χ1) is 21.3. The number of ether oxygens (including phenoxy) is 2. The summed E-state index contributed by atoms with van der Waals surface area (Å²) in [4.78, 5) is 23.8. The lowest BCUT2D eigenvalue weighted by atomic mass is 9.99. The summed E-state index contributed by atoms with van der Waals surface area (Å²) >= 11 is 0. The number of hydrogen-bond acceptors (Lipinski definition) is 6. The first-order valence-corrected chi connectivity index (χ1v) is 17.6. The molecule has 0 aromatic carbocycles. The number of carbonyl (C=O) groups excluding carboxylic acids is 2. The van der Waals surface area contributed by atoms with Gasteiger partial charge in [0.05, 0.1) is 6.10 Å². The van der Waals surface area contributed by atoms with Gasteiger partial charge in [0.1, 0.15) is 19.3 Å². The van der Waals surface area contributed by atoms with Crippen molar-refractivity contribution >= 4 is 11.9 Å². The largest absolute Gasteiger partial charge is 0.463 e. The first-order valence-electron chi connectivity index (χ1n) is 17.6. The molecule has 0 rings (SSSR count).